The van der Waals surface area contributed by atoms with Crippen molar-refractivity contribution in [2.45, 2.75) is 45.8 Å². The van der Waals surface area contributed by atoms with Crippen molar-refractivity contribution in [3.8, 4) is 5.75 Å². The van der Waals surface area contributed by atoms with Crippen LogP contribution in [0.1, 0.15) is 53.0 Å². The number of hydrogen-bond acceptors (Lipinski definition) is 11. The van der Waals surface area contributed by atoms with Crippen molar-refractivity contribution in [2.75, 3.05) is 49.6 Å². The molecule has 49 heavy (non-hydrogen) atoms. The maximum absolute atomic E-state index is 14.2. The van der Waals surface area contributed by atoms with E-state index in [1.54, 1.807) is 18.7 Å². The third-order valence-electron chi connectivity index (χ3n) is 8.31. The summed E-state index contributed by atoms with van der Waals surface area (Å²) < 4.78 is 48.2. The highest BCUT2D eigenvalue weighted by Gasteiger charge is 2.36. The minimum Gasteiger partial charge on any atom is -0.504 e. The minimum absolute atomic E-state index is 0.0819. The molecule has 4 aromatic heterocycles. The summed E-state index contributed by atoms with van der Waals surface area (Å²) in [5.74, 6) is -1.09. The number of amides is 2. The molecule has 0 unspecified atom stereocenters. The number of hydrogen-bond donors (Lipinski definition) is 2. The molecule has 6 rings (SSSR count). The van der Waals surface area contributed by atoms with E-state index in [2.05, 4.69) is 25.4 Å². The van der Waals surface area contributed by atoms with E-state index in [-0.39, 0.29) is 66.2 Å². The number of carbonyl (C=O) groups excluding carboxylic acids is 2. The number of ether oxygens (including phenoxy) is 1. The fraction of sp³-hybridized carbons (Fsp3) is 0.433. The number of aryl methyl sites for hydroxylation is 1. The predicted octanol–water partition coefficient (Wildman–Crippen LogP) is 3.79. The average molecular weight is 722 g/mol. The molecule has 260 valence electrons. The maximum atomic E-state index is 14.2. The Bertz CT molecular complexity index is 2020. The Balaban J connectivity index is 1.36. The first-order chi connectivity index (χ1) is 23.4. The summed E-state index contributed by atoms with van der Waals surface area (Å²) in [7, 11) is 0. The smallest absolute Gasteiger partial charge is 0.418 e. The van der Waals surface area contributed by atoms with E-state index in [4.69, 9.17) is 16.3 Å². The molecule has 1 saturated heterocycles. The number of aromatic hydroxyl groups is 1. The number of allylic oxidation sites excluding steroid dienone is 1. The van der Waals surface area contributed by atoms with Crippen LogP contribution in [0.3, 0.4) is 0 Å². The van der Waals surface area contributed by atoms with Gasteiger partial charge in [0, 0.05) is 38.2 Å². The van der Waals surface area contributed by atoms with Crippen LogP contribution >= 0.6 is 22.9 Å². The molecule has 2 aliphatic rings. The van der Waals surface area contributed by atoms with Gasteiger partial charge < -0.3 is 29.5 Å². The fourth-order valence-corrected chi connectivity index (χ4v) is 7.09. The molecule has 1 fully saturated rings. The Labute approximate surface area is 285 Å². The maximum Gasteiger partial charge on any atom is 0.418 e. The van der Waals surface area contributed by atoms with E-state index in [0.717, 1.165) is 21.9 Å². The Morgan fingerprint density at radius 1 is 1.18 bits per heavy atom. The quantitative estimate of drug-likeness (QED) is 0.288. The van der Waals surface area contributed by atoms with E-state index in [9.17, 15) is 32.7 Å². The lowest BCUT2D eigenvalue weighted by Gasteiger charge is -2.36. The van der Waals surface area contributed by atoms with Gasteiger partial charge in [-0.1, -0.05) is 24.6 Å². The third-order valence-corrected chi connectivity index (χ3v) is 9.71. The van der Waals surface area contributed by atoms with Crippen LogP contribution in [0.15, 0.2) is 22.6 Å². The summed E-state index contributed by atoms with van der Waals surface area (Å²) in [6, 6.07) is 0. The number of thiophene rings is 1. The molecule has 2 N–H and O–H groups in total. The summed E-state index contributed by atoms with van der Waals surface area (Å²) in [5, 5.41) is 17.4. The van der Waals surface area contributed by atoms with Gasteiger partial charge in [0.15, 0.2) is 17.3 Å². The highest BCUT2D eigenvalue weighted by Crippen LogP contribution is 2.42. The minimum atomic E-state index is -4.69. The number of rotatable bonds is 7. The monoisotopic (exact) mass is 721 g/mol. The number of piperazine rings is 1. The van der Waals surface area contributed by atoms with Gasteiger partial charge in [-0.25, -0.2) is 9.97 Å². The molecule has 19 heteroatoms. The van der Waals surface area contributed by atoms with Gasteiger partial charge >= 0.3 is 6.18 Å². The van der Waals surface area contributed by atoms with Gasteiger partial charge in [0.05, 0.1) is 28.6 Å². The van der Waals surface area contributed by atoms with Gasteiger partial charge in [-0.15, -0.1) is 16.4 Å². The summed E-state index contributed by atoms with van der Waals surface area (Å²) in [5.41, 5.74) is 0.0858. The van der Waals surface area contributed by atoms with Crippen molar-refractivity contribution < 1.29 is 32.6 Å². The first-order valence-electron chi connectivity index (χ1n) is 15.4. The summed E-state index contributed by atoms with van der Waals surface area (Å²) in [4.78, 5) is 56.6. The zero-order valence-corrected chi connectivity index (χ0v) is 28.0. The van der Waals surface area contributed by atoms with Gasteiger partial charge in [0.25, 0.3) is 11.5 Å². The number of aromatic nitrogens is 6. The van der Waals surface area contributed by atoms with E-state index in [1.165, 1.54) is 15.8 Å². The van der Waals surface area contributed by atoms with Crippen molar-refractivity contribution in [1.29, 1.82) is 0 Å². The molecule has 0 bridgehead atoms. The SMILES string of the molecule is CCc1c(N2CCN(C(=O)c3ncnc(C)c3O)CC2)c(=O)n2nc(C3=CCOCCC3)nc2n1CC(=O)Nc1scc(C(F)(F)F)c1Cl. The Hall–Kier alpha value is -4.55. The second-order valence-corrected chi connectivity index (χ2v) is 12.6. The normalized spacial score (nSPS) is 15.8. The molecule has 0 radical (unpaired) electrons. The van der Waals surface area contributed by atoms with Gasteiger partial charge in [0.1, 0.15) is 23.6 Å². The number of nitrogens with one attached hydrogen (secondary N) is 1. The van der Waals surface area contributed by atoms with Crippen molar-refractivity contribution in [3.63, 3.8) is 0 Å². The van der Waals surface area contributed by atoms with E-state index < -0.39 is 40.7 Å². The number of anilines is 2. The second-order valence-electron chi connectivity index (χ2n) is 11.4. The molecule has 6 heterocycles. The largest absolute Gasteiger partial charge is 0.504 e. The Morgan fingerprint density at radius 3 is 2.63 bits per heavy atom. The van der Waals surface area contributed by atoms with E-state index >= 15 is 0 Å². The molecule has 0 saturated carbocycles. The molecule has 2 amide bonds. The van der Waals surface area contributed by atoms with Crippen LogP contribution in [-0.2, 0) is 28.7 Å². The molecule has 0 spiro atoms. The number of nitrogens with zero attached hydrogens (tertiary/aromatic N) is 8. The molecule has 0 atom stereocenters. The van der Waals surface area contributed by atoms with Crippen LogP contribution < -0.4 is 15.8 Å². The fourth-order valence-electron chi connectivity index (χ4n) is 5.81. The van der Waals surface area contributed by atoms with Gasteiger partial charge in [-0.05, 0) is 31.8 Å². The molecule has 14 nitrogen and oxygen atoms in total. The summed E-state index contributed by atoms with van der Waals surface area (Å²) >= 11 is 6.63. The first kappa shape index (κ1) is 34.3. The standard InChI is InChI=1S/C30H31ClF3N9O5S/c1-3-19-23(40-7-9-41(10-8-40)27(46)22-24(45)16(2)35-15-36-22)28(47)43-29(38-25(39-43)17-5-4-11-48-12-6-17)42(19)13-20(44)37-26-21(31)18(14-49-26)30(32,33)34/h6,14-15,45H,3-5,7-13H2,1-2H3,(H,37,44). The lowest BCUT2D eigenvalue weighted by atomic mass is 10.1. The number of halogens is 4. The van der Waals surface area contributed by atoms with Crippen molar-refractivity contribution in [3.05, 3.63) is 61.6 Å². The molecular weight excluding hydrogens is 691 g/mol. The molecular formula is C30H31ClF3N9O5S. The molecule has 4 aromatic rings. The molecule has 0 aliphatic carbocycles. The van der Waals surface area contributed by atoms with Crippen LogP contribution in [0.5, 0.6) is 5.75 Å². The lowest BCUT2D eigenvalue weighted by Crippen LogP contribution is -2.51. The van der Waals surface area contributed by atoms with E-state index in [1.807, 2.05) is 6.08 Å². The highest BCUT2D eigenvalue weighted by molar-refractivity contribution is 7.15. The molecule has 2 aliphatic heterocycles. The van der Waals surface area contributed by atoms with E-state index in [0.29, 0.717) is 42.5 Å². The summed E-state index contributed by atoms with van der Waals surface area (Å²) in [6.45, 7) is 4.68. The number of carbonyl (C=O) groups is 2. The number of alkyl halides is 3. The van der Waals surface area contributed by atoms with Gasteiger partial charge in [-0.2, -0.15) is 22.7 Å². The van der Waals surface area contributed by atoms with Crippen LogP contribution in [-0.4, -0.2) is 90.3 Å². The zero-order chi connectivity index (χ0) is 35.0. The van der Waals surface area contributed by atoms with Crippen LogP contribution in [0.25, 0.3) is 11.4 Å². The zero-order valence-electron chi connectivity index (χ0n) is 26.4. The topological polar surface area (TPSA) is 160 Å². The van der Waals surface area contributed by atoms with Gasteiger partial charge in [0.2, 0.25) is 11.7 Å². The Kier molecular flexibility index (Phi) is 9.63. The average Bonchev–Trinajstić information content (AvgIpc) is 3.57. The summed E-state index contributed by atoms with van der Waals surface area (Å²) in [6.07, 6.45) is -0.0468. The second kappa shape index (κ2) is 13.8. The van der Waals surface area contributed by atoms with Crippen molar-refractivity contribution in [2.24, 2.45) is 0 Å². The Morgan fingerprint density at radius 2 is 1.94 bits per heavy atom. The molecule has 0 aromatic carbocycles. The van der Waals surface area contributed by atoms with Crippen LogP contribution in [0, 0.1) is 6.92 Å². The number of fused-ring (bicyclic) bond motifs is 1. The highest BCUT2D eigenvalue weighted by atomic mass is 35.5. The third kappa shape index (κ3) is 6.71. The van der Waals surface area contributed by atoms with Crippen LogP contribution in [0.2, 0.25) is 5.02 Å². The first-order valence-corrected chi connectivity index (χ1v) is 16.6. The van der Waals surface area contributed by atoms with Crippen molar-refractivity contribution in [1.82, 2.24) is 34.0 Å². The predicted molar refractivity (Wildman–Crippen MR) is 174 cm³/mol. The van der Waals surface area contributed by atoms with Crippen molar-refractivity contribution >= 4 is 56.8 Å². The van der Waals surface area contributed by atoms with Crippen LogP contribution in [0.4, 0.5) is 23.9 Å². The van der Waals surface area contributed by atoms with Gasteiger partial charge in [-0.3, -0.25) is 14.4 Å². The lowest BCUT2D eigenvalue weighted by molar-refractivity contribution is -0.137.